The Morgan fingerprint density at radius 3 is 2.92 bits per heavy atom. The molecule has 0 N–H and O–H groups in total. The Bertz CT molecular complexity index is 294. The van der Waals surface area contributed by atoms with Crippen molar-refractivity contribution in [2.45, 2.75) is 19.3 Å². The average Bonchev–Trinajstić information content (AvgIpc) is 2.27. The molecule has 0 spiro atoms. The minimum absolute atomic E-state index is 0.717. The van der Waals surface area contributed by atoms with Crippen LogP contribution in [0.2, 0.25) is 0 Å². The standard InChI is InChI=1S/C9H13BrN2O/c1-12-5-8(10)9(11-12)13-6-7-3-2-4-7/h5,7H,2-4,6H2,1H3. The van der Waals surface area contributed by atoms with Gasteiger partial charge in [-0.25, -0.2) is 0 Å². The Morgan fingerprint density at radius 2 is 2.46 bits per heavy atom. The molecule has 1 saturated carbocycles. The van der Waals surface area contributed by atoms with E-state index < -0.39 is 0 Å². The highest BCUT2D eigenvalue weighted by Gasteiger charge is 2.19. The van der Waals surface area contributed by atoms with Gasteiger partial charge >= 0.3 is 0 Å². The van der Waals surface area contributed by atoms with Crippen molar-refractivity contribution in [3.63, 3.8) is 0 Å². The van der Waals surface area contributed by atoms with Gasteiger partial charge in [-0.05, 0) is 34.7 Å². The van der Waals surface area contributed by atoms with Gasteiger partial charge in [-0.1, -0.05) is 6.42 Å². The van der Waals surface area contributed by atoms with Gasteiger partial charge in [0.1, 0.15) is 0 Å². The number of hydrogen-bond donors (Lipinski definition) is 0. The lowest BCUT2D eigenvalue weighted by molar-refractivity contribution is 0.174. The SMILES string of the molecule is Cn1cc(Br)c(OCC2CCC2)n1. The van der Waals surface area contributed by atoms with Crippen LogP contribution in [-0.2, 0) is 7.05 Å². The highest BCUT2D eigenvalue weighted by molar-refractivity contribution is 9.10. The number of halogens is 1. The van der Waals surface area contributed by atoms with Gasteiger partial charge in [0.05, 0.1) is 11.1 Å². The van der Waals surface area contributed by atoms with Crippen LogP contribution in [0.4, 0.5) is 0 Å². The fraction of sp³-hybridized carbons (Fsp3) is 0.667. The van der Waals surface area contributed by atoms with Gasteiger partial charge in [0.2, 0.25) is 5.88 Å². The molecule has 13 heavy (non-hydrogen) atoms. The number of aryl methyl sites for hydroxylation is 1. The molecule has 0 aliphatic heterocycles. The van der Waals surface area contributed by atoms with Crippen molar-refractivity contribution in [2.75, 3.05) is 6.61 Å². The second-order valence-corrected chi connectivity index (χ2v) is 4.42. The lowest BCUT2D eigenvalue weighted by atomic mass is 9.86. The van der Waals surface area contributed by atoms with Crippen LogP contribution in [0.15, 0.2) is 10.7 Å². The van der Waals surface area contributed by atoms with Crippen LogP contribution in [-0.4, -0.2) is 16.4 Å². The van der Waals surface area contributed by atoms with Gasteiger partial charge < -0.3 is 4.74 Å². The van der Waals surface area contributed by atoms with Crippen molar-refractivity contribution < 1.29 is 4.74 Å². The summed E-state index contributed by atoms with van der Waals surface area (Å²) in [5.41, 5.74) is 0. The summed E-state index contributed by atoms with van der Waals surface area (Å²) in [6.07, 6.45) is 5.88. The topological polar surface area (TPSA) is 27.1 Å². The molecule has 2 rings (SSSR count). The maximum absolute atomic E-state index is 5.58. The maximum atomic E-state index is 5.58. The molecular formula is C9H13BrN2O. The molecular weight excluding hydrogens is 232 g/mol. The largest absolute Gasteiger partial charge is 0.476 e. The van der Waals surface area contributed by atoms with Crippen molar-refractivity contribution in [1.29, 1.82) is 0 Å². The smallest absolute Gasteiger partial charge is 0.247 e. The summed E-state index contributed by atoms with van der Waals surface area (Å²) in [4.78, 5) is 0. The molecule has 72 valence electrons. The minimum atomic E-state index is 0.717. The molecule has 0 unspecified atom stereocenters. The van der Waals surface area contributed by atoms with E-state index in [0.29, 0.717) is 0 Å². The summed E-state index contributed by atoms with van der Waals surface area (Å²) in [5, 5.41) is 4.19. The molecule has 0 atom stereocenters. The van der Waals surface area contributed by atoms with E-state index in [1.807, 2.05) is 13.2 Å². The first-order valence-corrected chi connectivity index (χ1v) is 5.37. The third-order valence-electron chi connectivity index (χ3n) is 2.43. The number of ether oxygens (including phenoxy) is 1. The van der Waals surface area contributed by atoms with E-state index in [4.69, 9.17) is 4.74 Å². The molecule has 4 heteroatoms. The Kier molecular flexibility index (Phi) is 2.58. The van der Waals surface area contributed by atoms with Gasteiger partial charge in [0.25, 0.3) is 0 Å². The zero-order valence-corrected chi connectivity index (χ0v) is 9.25. The first-order chi connectivity index (χ1) is 6.25. The normalized spacial score (nSPS) is 17.1. The van der Waals surface area contributed by atoms with E-state index in [0.717, 1.165) is 22.9 Å². The number of aromatic nitrogens is 2. The van der Waals surface area contributed by atoms with E-state index in [-0.39, 0.29) is 0 Å². The first kappa shape index (κ1) is 9.06. The quantitative estimate of drug-likeness (QED) is 0.817. The van der Waals surface area contributed by atoms with Gasteiger partial charge in [-0.3, -0.25) is 4.68 Å². The van der Waals surface area contributed by atoms with Crippen LogP contribution in [0, 0.1) is 5.92 Å². The zero-order valence-electron chi connectivity index (χ0n) is 7.66. The van der Waals surface area contributed by atoms with Crippen LogP contribution in [0.1, 0.15) is 19.3 Å². The van der Waals surface area contributed by atoms with Crippen molar-refractivity contribution in [3.8, 4) is 5.88 Å². The fourth-order valence-corrected chi connectivity index (χ4v) is 1.88. The van der Waals surface area contributed by atoms with Gasteiger partial charge in [0.15, 0.2) is 0 Å². The third kappa shape index (κ3) is 2.05. The Morgan fingerprint density at radius 1 is 1.69 bits per heavy atom. The highest BCUT2D eigenvalue weighted by Crippen LogP contribution is 2.28. The van der Waals surface area contributed by atoms with Crippen molar-refractivity contribution in [3.05, 3.63) is 10.7 Å². The summed E-state index contributed by atoms with van der Waals surface area (Å²) < 4.78 is 8.27. The Balaban J connectivity index is 1.89. The van der Waals surface area contributed by atoms with Crippen LogP contribution >= 0.6 is 15.9 Å². The number of nitrogens with zero attached hydrogens (tertiary/aromatic N) is 2. The molecule has 1 aromatic heterocycles. The molecule has 1 aliphatic rings. The van der Waals surface area contributed by atoms with Crippen LogP contribution in [0.5, 0.6) is 5.88 Å². The van der Waals surface area contributed by atoms with Crippen molar-refractivity contribution >= 4 is 15.9 Å². The van der Waals surface area contributed by atoms with E-state index >= 15 is 0 Å². The lowest BCUT2D eigenvalue weighted by Crippen LogP contribution is -2.19. The van der Waals surface area contributed by atoms with E-state index in [1.165, 1.54) is 19.3 Å². The zero-order chi connectivity index (χ0) is 9.26. The minimum Gasteiger partial charge on any atom is -0.476 e. The summed E-state index contributed by atoms with van der Waals surface area (Å²) in [5.74, 6) is 1.48. The van der Waals surface area contributed by atoms with Crippen molar-refractivity contribution in [1.82, 2.24) is 9.78 Å². The molecule has 1 aromatic rings. The van der Waals surface area contributed by atoms with Gasteiger partial charge in [-0.2, -0.15) is 0 Å². The van der Waals surface area contributed by atoms with Crippen LogP contribution in [0.3, 0.4) is 0 Å². The Hall–Kier alpha value is -0.510. The van der Waals surface area contributed by atoms with Gasteiger partial charge in [-0.15, -0.1) is 5.10 Å². The number of hydrogen-bond acceptors (Lipinski definition) is 2. The molecule has 3 nitrogen and oxygen atoms in total. The van der Waals surface area contributed by atoms with E-state index in [1.54, 1.807) is 4.68 Å². The predicted octanol–water partition coefficient (Wildman–Crippen LogP) is 2.36. The average molecular weight is 245 g/mol. The Labute approximate surface area is 86.2 Å². The second-order valence-electron chi connectivity index (χ2n) is 3.56. The predicted molar refractivity (Wildman–Crippen MR) is 53.7 cm³/mol. The third-order valence-corrected chi connectivity index (χ3v) is 2.98. The highest BCUT2D eigenvalue weighted by atomic mass is 79.9. The maximum Gasteiger partial charge on any atom is 0.247 e. The number of rotatable bonds is 3. The van der Waals surface area contributed by atoms with Crippen LogP contribution < -0.4 is 4.74 Å². The summed E-state index contributed by atoms with van der Waals surface area (Å²) in [7, 11) is 1.89. The lowest BCUT2D eigenvalue weighted by Gasteiger charge is -2.24. The molecule has 0 bridgehead atoms. The summed E-state index contributed by atoms with van der Waals surface area (Å²) in [6.45, 7) is 0.815. The molecule has 0 saturated heterocycles. The first-order valence-electron chi connectivity index (χ1n) is 4.57. The summed E-state index contributed by atoms with van der Waals surface area (Å²) >= 11 is 3.40. The van der Waals surface area contributed by atoms with Crippen molar-refractivity contribution in [2.24, 2.45) is 13.0 Å². The molecule has 0 aromatic carbocycles. The molecule has 0 radical (unpaired) electrons. The molecule has 1 heterocycles. The van der Waals surface area contributed by atoms with E-state index in [9.17, 15) is 0 Å². The molecule has 1 fully saturated rings. The van der Waals surface area contributed by atoms with Gasteiger partial charge in [0, 0.05) is 13.2 Å². The fourth-order valence-electron chi connectivity index (χ4n) is 1.39. The molecule has 0 amide bonds. The summed E-state index contributed by atoms with van der Waals surface area (Å²) in [6, 6.07) is 0. The second kappa shape index (κ2) is 3.70. The van der Waals surface area contributed by atoms with E-state index in [2.05, 4.69) is 21.0 Å². The monoisotopic (exact) mass is 244 g/mol. The molecule has 1 aliphatic carbocycles. The van der Waals surface area contributed by atoms with Crippen LogP contribution in [0.25, 0.3) is 0 Å².